The van der Waals surface area contributed by atoms with E-state index < -0.39 is 24.3 Å². The first-order valence-electron chi connectivity index (χ1n) is 23.0. The molecule has 1 N–H and O–H groups in total. The second-order valence-electron chi connectivity index (χ2n) is 16.3. The first kappa shape index (κ1) is 55.0. The Bertz CT molecular complexity index is 1140. The van der Waals surface area contributed by atoms with E-state index in [1.807, 2.05) is 21.1 Å². The Kier molecular flexibility index (Phi) is 38.6. The summed E-state index contributed by atoms with van der Waals surface area (Å²) in [5, 5.41) is 9.63. The molecule has 0 aromatic rings. The number of likely N-dealkylation sites (N-methyl/N-ethyl adjacent to an activating group) is 1. The highest BCUT2D eigenvalue weighted by molar-refractivity contribution is 5.71. The number of carbonyl (C=O) groups is 3. The van der Waals surface area contributed by atoms with E-state index in [1.54, 1.807) is 0 Å². The Labute approximate surface area is 355 Å². The number of quaternary nitrogens is 1. The van der Waals surface area contributed by atoms with Crippen LogP contribution in [0, 0.1) is 0 Å². The van der Waals surface area contributed by atoms with Crippen LogP contribution in [0.5, 0.6) is 0 Å². The van der Waals surface area contributed by atoms with Gasteiger partial charge in [-0.2, -0.15) is 0 Å². The molecule has 2 unspecified atom stereocenters. The van der Waals surface area contributed by atoms with E-state index in [0.717, 1.165) is 70.6 Å². The van der Waals surface area contributed by atoms with Crippen LogP contribution in [0.4, 0.5) is 0 Å². The van der Waals surface area contributed by atoms with Gasteiger partial charge in [-0.25, -0.2) is 4.79 Å². The summed E-state index contributed by atoms with van der Waals surface area (Å²) >= 11 is 0. The lowest BCUT2D eigenvalue weighted by molar-refractivity contribution is -0.870. The molecule has 0 fully saturated rings. The molecule has 58 heavy (non-hydrogen) atoms. The average Bonchev–Trinajstić information content (AvgIpc) is 3.18. The normalized spacial score (nSPS) is 13.5. The Morgan fingerprint density at radius 2 is 0.983 bits per heavy atom. The van der Waals surface area contributed by atoms with Gasteiger partial charge >= 0.3 is 17.9 Å². The standard InChI is InChI=1S/C49H85NO8/c1-6-8-10-12-14-16-18-20-22-23-24-26-27-29-31-33-35-37-39-46(51)56-43-45(44-57-49(48(53)54)55-42-41-50(3,4)5)58-47(52)40-38-36-34-32-30-28-25-21-19-17-15-13-11-9-7-2/h9,11,15,17,21-23,25,30,32,45,49H,6-8,10,12-14,16,18-20,24,26-29,31,33-44H2,1-5H3/p+1/b11-9-,17-15-,23-22-,25-21-,32-30-. The van der Waals surface area contributed by atoms with Crippen LogP contribution in [0.15, 0.2) is 60.8 Å². The van der Waals surface area contributed by atoms with E-state index in [1.165, 1.54) is 70.6 Å². The third-order valence-electron chi connectivity index (χ3n) is 9.51. The van der Waals surface area contributed by atoms with Crippen molar-refractivity contribution in [3.8, 4) is 0 Å². The molecule has 0 heterocycles. The molecule has 0 rings (SSSR count). The molecule has 9 nitrogen and oxygen atoms in total. The molecule has 0 spiro atoms. The van der Waals surface area contributed by atoms with Crippen molar-refractivity contribution in [2.24, 2.45) is 0 Å². The summed E-state index contributed by atoms with van der Waals surface area (Å²) < 4.78 is 22.7. The van der Waals surface area contributed by atoms with Gasteiger partial charge in [-0.05, 0) is 77.0 Å². The minimum absolute atomic E-state index is 0.177. The van der Waals surface area contributed by atoms with E-state index in [0.29, 0.717) is 17.4 Å². The second kappa shape index (κ2) is 40.8. The quantitative estimate of drug-likeness (QED) is 0.0214. The van der Waals surface area contributed by atoms with E-state index in [4.69, 9.17) is 18.9 Å². The number of aliphatic carboxylic acids is 1. The molecule has 0 aliphatic rings. The summed E-state index contributed by atoms with van der Waals surface area (Å²) in [6.07, 6.45) is 45.7. The van der Waals surface area contributed by atoms with Crippen molar-refractivity contribution in [3.63, 3.8) is 0 Å². The molecule has 9 heteroatoms. The maximum Gasteiger partial charge on any atom is 0.361 e. The number of ether oxygens (including phenoxy) is 4. The second-order valence-corrected chi connectivity index (χ2v) is 16.3. The van der Waals surface area contributed by atoms with Gasteiger partial charge in [0.25, 0.3) is 6.29 Å². The number of rotatable bonds is 41. The van der Waals surface area contributed by atoms with Crippen LogP contribution in [0.25, 0.3) is 0 Å². The van der Waals surface area contributed by atoms with Crippen LogP contribution in [0.2, 0.25) is 0 Å². The Morgan fingerprint density at radius 3 is 1.52 bits per heavy atom. The van der Waals surface area contributed by atoms with Crippen LogP contribution >= 0.6 is 0 Å². The van der Waals surface area contributed by atoms with Gasteiger partial charge in [0.15, 0.2) is 6.10 Å². The van der Waals surface area contributed by atoms with E-state index in [2.05, 4.69) is 74.6 Å². The highest BCUT2D eigenvalue weighted by Gasteiger charge is 2.25. The van der Waals surface area contributed by atoms with Gasteiger partial charge in [-0.1, -0.05) is 145 Å². The van der Waals surface area contributed by atoms with Crippen molar-refractivity contribution in [2.45, 2.75) is 187 Å². The largest absolute Gasteiger partial charge is 0.477 e. The minimum Gasteiger partial charge on any atom is -0.477 e. The Morgan fingerprint density at radius 1 is 0.534 bits per heavy atom. The van der Waals surface area contributed by atoms with Crippen LogP contribution in [-0.4, -0.2) is 87.4 Å². The topological polar surface area (TPSA) is 108 Å². The highest BCUT2D eigenvalue weighted by Crippen LogP contribution is 2.13. The van der Waals surface area contributed by atoms with Gasteiger partial charge in [0.1, 0.15) is 13.2 Å². The summed E-state index contributed by atoms with van der Waals surface area (Å²) in [6.45, 7) is 4.69. The first-order valence-corrected chi connectivity index (χ1v) is 23.0. The number of nitrogens with zero attached hydrogens (tertiary/aromatic N) is 1. The van der Waals surface area contributed by atoms with Gasteiger partial charge in [-0.15, -0.1) is 0 Å². The maximum atomic E-state index is 12.7. The molecule has 0 radical (unpaired) electrons. The summed E-state index contributed by atoms with van der Waals surface area (Å²) in [5.74, 6) is -2.08. The molecule has 0 saturated carbocycles. The lowest BCUT2D eigenvalue weighted by Crippen LogP contribution is -2.40. The number of carbonyl (C=O) groups excluding carboxylic acids is 2. The monoisotopic (exact) mass is 817 g/mol. The van der Waals surface area contributed by atoms with Crippen LogP contribution in [0.3, 0.4) is 0 Å². The van der Waals surface area contributed by atoms with Crippen molar-refractivity contribution in [1.29, 1.82) is 0 Å². The molecule has 0 aliphatic carbocycles. The van der Waals surface area contributed by atoms with Crippen LogP contribution < -0.4 is 0 Å². The van der Waals surface area contributed by atoms with E-state index in [-0.39, 0.29) is 38.6 Å². The zero-order chi connectivity index (χ0) is 42.8. The van der Waals surface area contributed by atoms with E-state index >= 15 is 0 Å². The van der Waals surface area contributed by atoms with Crippen molar-refractivity contribution < 1.29 is 42.9 Å². The molecular weight excluding hydrogens is 731 g/mol. The van der Waals surface area contributed by atoms with Crippen LogP contribution in [-0.2, 0) is 33.3 Å². The molecule has 0 aromatic heterocycles. The van der Waals surface area contributed by atoms with Crippen LogP contribution in [0.1, 0.15) is 174 Å². The van der Waals surface area contributed by atoms with Gasteiger partial charge in [0.2, 0.25) is 0 Å². The number of carboxylic acids is 1. The third-order valence-corrected chi connectivity index (χ3v) is 9.51. The van der Waals surface area contributed by atoms with Gasteiger partial charge < -0.3 is 28.5 Å². The third kappa shape index (κ3) is 41.2. The zero-order valence-corrected chi connectivity index (χ0v) is 37.7. The highest BCUT2D eigenvalue weighted by atomic mass is 16.7. The van der Waals surface area contributed by atoms with Crippen molar-refractivity contribution in [3.05, 3.63) is 60.8 Å². The molecule has 0 saturated heterocycles. The summed E-state index contributed by atoms with van der Waals surface area (Å²) in [6, 6.07) is 0. The van der Waals surface area contributed by atoms with Crippen molar-refractivity contribution in [1.82, 2.24) is 0 Å². The number of allylic oxidation sites excluding steroid dienone is 10. The number of hydrogen-bond donors (Lipinski definition) is 1. The number of esters is 2. The lowest BCUT2D eigenvalue weighted by Gasteiger charge is -2.25. The van der Waals surface area contributed by atoms with E-state index in [9.17, 15) is 19.5 Å². The number of hydrogen-bond acceptors (Lipinski definition) is 7. The molecule has 0 aromatic carbocycles. The lowest BCUT2D eigenvalue weighted by atomic mass is 10.1. The molecule has 334 valence electrons. The van der Waals surface area contributed by atoms with Crippen molar-refractivity contribution in [2.75, 3.05) is 47.5 Å². The number of unbranched alkanes of at least 4 members (excludes halogenated alkanes) is 16. The minimum atomic E-state index is -1.52. The van der Waals surface area contributed by atoms with Gasteiger partial charge in [0.05, 0.1) is 34.4 Å². The number of carboxylic acid groups (broad SMARTS) is 1. The Balaban J connectivity index is 4.48. The summed E-state index contributed by atoms with van der Waals surface area (Å²) in [5.41, 5.74) is 0. The summed E-state index contributed by atoms with van der Waals surface area (Å²) in [4.78, 5) is 37.1. The van der Waals surface area contributed by atoms with Gasteiger partial charge in [-0.3, -0.25) is 9.59 Å². The first-order chi connectivity index (χ1) is 28.1. The molecule has 0 amide bonds. The smallest absolute Gasteiger partial charge is 0.361 e. The summed E-state index contributed by atoms with van der Waals surface area (Å²) in [7, 11) is 5.93. The average molecular weight is 817 g/mol. The van der Waals surface area contributed by atoms with Crippen molar-refractivity contribution >= 4 is 17.9 Å². The molecule has 0 aliphatic heterocycles. The Hall–Kier alpha value is -3.01. The molecule has 0 bridgehead atoms. The SMILES string of the molecule is CC/C=C\C/C=C\C/C=C\C/C=C\CCCCC(=O)OC(COC(=O)CCCCCCCCC/C=C\CCCCCCCCC)COC(OCC[N+](C)(C)C)C(=O)O. The fourth-order valence-electron chi connectivity index (χ4n) is 5.94. The predicted molar refractivity (Wildman–Crippen MR) is 240 cm³/mol. The molecular formula is C49H86NO8+. The molecule has 2 atom stereocenters. The predicted octanol–water partition coefficient (Wildman–Crippen LogP) is 12.2. The fourth-order valence-corrected chi connectivity index (χ4v) is 5.94. The fraction of sp³-hybridized carbons (Fsp3) is 0.735. The zero-order valence-electron chi connectivity index (χ0n) is 37.7. The maximum absolute atomic E-state index is 12.7. The van der Waals surface area contributed by atoms with Gasteiger partial charge in [0, 0.05) is 12.8 Å².